The van der Waals surface area contributed by atoms with E-state index in [2.05, 4.69) is 35.2 Å². The highest BCUT2D eigenvalue weighted by Crippen LogP contribution is 2.27. The predicted molar refractivity (Wildman–Crippen MR) is 126 cm³/mol. The Bertz CT molecular complexity index is 1270. The number of nitrogens with zero attached hydrogens (tertiary/aromatic N) is 3. The number of aliphatic hydroxyl groups is 1. The van der Waals surface area contributed by atoms with Gasteiger partial charge >= 0.3 is 5.69 Å². The topological polar surface area (TPSA) is 95.8 Å². The number of imidazole rings is 1. The van der Waals surface area contributed by atoms with Crippen molar-refractivity contribution in [1.29, 1.82) is 0 Å². The molecular weight excluding hydrogens is 402 g/mol. The van der Waals surface area contributed by atoms with Crippen molar-refractivity contribution in [2.45, 2.75) is 52.4 Å². The predicted octanol–water partition coefficient (Wildman–Crippen LogP) is 3.95. The van der Waals surface area contributed by atoms with Crippen molar-refractivity contribution in [3.63, 3.8) is 0 Å². The van der Waals surface area contributed by atoms with Crippen molar-refractivity contribution >= 4 is 11.2 Å². The molecule has 7 heteroatoms. The third kappa shape index (κ3) is 4.49. The van der Waals surface area contributed by atoms with Crippen molar-refractivity contribution in [1.82, 2.24) is 24.8 Å². The number of H-pyrrole nitrogens is 1. The van der Waals surface area contributed by atoms with E-state index in [1.54, 1.807) is 10.8 Å². The fourth-order valence-electron chi connectivity index (χ4n) is 3.83. The molecule has 2 heterocycles. The van der Waals surface area contributed by atoms with Gasteiger partial charge in [-0.3, -0.25) is 9.88 Å². The molecule has 7 nitrogen and oxygen atoms in total. The zero-order valence-electron chi connectivity index (χ0n) is 18.8. The molecule has 0 amide bonds. The molecule has 32 heavy (non-hydrogen) atoms. The average molecular weight is 432 g/mol. The van der Waals surface area contributed by atoms with Crippen LogP contribution in [0.1, 0.15) is 56.5 Å². The largest absolute Gasteiger partial charge is 0.374 e. The minimum absolute atomic E-state index is 0.171. The minimum atomic E-state index is -0.726. The molecule has 0 radical (unpaired) electrons. The zero-order valence-corrected chi connectivity index (χ0v) is 18.8. The van der Waals surface area contributed by atoms with Crippen LogP contribution in [0.2, 0.25) is 0 Å². The van der Waals surface area contributed by atoms with Crippen LogP contribution in [0.3, 0.4) is 0 Å². The van der Waals surface area contributed by atoms with Gasteiger partial charge in [0.25, 0.3) is 0 Å². The zero-order chi connectivity index (χ0) is 22.8. The number of fused-ring (bicyclic) bond motifs is 1. The van der Waals surface area contributed by atoms with Crippen molar-refractivity contribution in [2.24, 2.45) is 0 Å². The van der Waals surface area contributed by atoms with Crippen LogP contribution < -0.4 is 11.0 Å². The van der Waals surface area contributed by atoms with E-state index in [9.17, 15) is 9.90 Å². The first kappa shape index (κ1) is 21.9. The van der Waals surface area contributed by atoms with Gasteiger partial charge in [0.2, 0.25) is 0 Å². The molecule has 4 aromatic rings. The van der Waals surface area contributed by atoms with Crippen molar-refractivity contribution in [2.75, 3.05) is 0 Å². The lowest BCUT2D eigenvalue weighted by molar-refractivity contribution is 0.129. The first-order valence-electron chi connectivity index (χ1n) is 10.9. The van der Waals surface area contributed by atoms with Crippen molar-refractivity contribution in [3.05, 3.63) is 81.9 Å². The first-order valence-corrected chi connectivity index (χ1v) is 10.9. The molecule has 0 fully saturated rings. The molecule has 0 aliphatic carbocycles. The van der Waals surface area contributed by atoms with Crippen LogP contribution in [0.4, 0.5) is 0 Å². The summed E-state index contributed by atoms with van der Waals surface area (Å²) in [5, 5.41) is 13.3. The molecule has 0 saturated heterocycles. The summed E-state index contributed by atoms with van der Waals surface area (Å²) in [4.78, 5) is 24.8. The number of aromatic nitrogens is 4. The Hall–Kier alpha value is -3.29. The van der Waals surface area contributed by atoms with Gasteiger partial charge in [0.15, 0.2) is 11.5 Å². The normalized spacial score (nSPS) is 12.7. The Morgan fingerprint density at radius 2 is 1.78 bits per heavy atom. The summed E-state index contributed by atoms with van der Waals surface area (Å²) in [5.41, 5.74) is 4.81. The molecule has 0 spiro atoms. The average Bonchev–Trinajstić information content (AvgIpc) is 3.08. The molecule has 2 aromatic carbocycles. The van der Waals surface area contributed by atoms with E-state index in [0.29, 0.717) is 29.5 Å². The van der Waals surface area contributed by atoms with Gasteiger partial charge in [0.05, 0.1) is 12.7 Å². The van der Waals surface area contributed by atoms with Crippen molar-refractivity contribution < 1.29 is 5.11 Å². The van der Waals surface area contributed by atoms with Gasteiger partial charge < -0.3 is 10.1 Å². The summed E-state index contributed by atoms with van der Waals surface area (Å²) in [6.07, 6.45) is 0.945. The SMILES string of the molecule is CC(C)NC(O)c1ccc(Cn2c(=O)[nH]c3cnc(-c4ccccc4C(C)C)nc32)cc1. The van der Waals surface area contributed by atoms with E-state index >= 15 is 0 Å². The number of aliphatic hydroxyl groups excluding tert-OH is 1. The summed E-state index contributed by atoms with van der Waals surface area (Å²) >= 11 is 0. The van der Waals surface area contributed by atoms with Crippen LogP contribution in [-0.4, -0.2) is 30.7 Å². The summed E-state index contributed by atoms with van der Waals surface area (Å²) < 4.78 is 1.62. The van der Waals surface area contributed by atoms with Gasteiger partial charge in [-0.25, -0.2) is 14.8 Å². The van der Waals surface area contributed by atoms with Crippen molar-refractivity contribution in [3.8, 4) is 11.4 Å². The molecule has 1 atom stereocenters. The second kappa shape index (κ2) is 9.06. The third-order valence-corrected chi connectivity index (χ3v) is 5.46. The molecule has 4 rings (SSSR count). The van der Waals surface area contributed by atoms with E-state index in [-0.39, 0.29) is 11.7 Å². The fourth-order valence-corrected chi connectivity index (χ4v) is 3.83. The van der Waals surface area contributed by atoms with E-state index in [4.69, 9.17) is 4.98 Å². The van der Waals surface area contributed by atoms with Gasteiger partial charge in [0.1, 0.15) is 11.7 Å². The minimum Gasteiger partial charge on any atom is -0.374 e. The number of rotatable bonds is 7. The highest BCUT2D eigenvalue weighted by atomic mass is 16.3. The van der Waals surface area contributed by atoms with Gasteiger partial charge in [-0.05, 0) is 36.5 Å². The van der Waals surface area contributed by atoms with Crippen LogP contribution in [0, 0.1) is 0 Å². The molecule has 0 aliphatic rings. The lowest BCUT2D eigenvalue weighted by Crippen LogP contribution is -2.27. The molecule has 166 valence electrons. The van der Waals surface area contributed by atoms with E-state index in [1.807, 2.05) is 56.3 Å². The number of hydrogen-bond donors (Lipinski definition) is 3. The molecule has 0 bridgehead atoms. The second-order valence-corrected chi connectivity index (χ2v) is 8.65. The number of hydrogen-bond acceptors (Lipinski definition) is 5. The third-order valence-electron chi connectivity index (χ3n) is 5.46. The Morgan fingerprint density at radius 3 is 2.47 bits per heavy atom. The van der Waals surface area contributed by atoms with Gasteiger partial charge in [-0.2, -0.15) is 0 Å². The van der Waals surface area contributed by atoms with Gasteiger partial charge in [-0.15, -0.1) is 0 Å². The first-order chi connectivity index (χ1) is 15.3. The maximum absolute atomic E-state index is 12.7. The summed E-state index contributed by atoms with van der Waals surface area (Å²) in [7, 11) is 0. The van der Waals surface area contributed by atoms with Crippen LogP contribution in [0.25, 0.3) is 22.6 Å². The number of benzene rings is 2. The van der Waals surface area contributed by atoms with E-state index in [0.717, 1.165) is 16.7 Å². The number of aromatic amines is 1. The fraction of sp³-hybridized carbons (Fsp3) is 0.320. The van der Waals surface area contributed by atoms with Crippen LogP contribution in [0.5, 0.6) is 0 Å². The quantitative estimate of drug-likeness (QED) is 0.385. The monoisotopic (exact) mass is 431 g/mol. The highest BCUT2D eigenvalue weighted by Gasteiger charge is 2.15. The van der Waals surface area contributed by atoms with E-state index in [1.165, 1.54) is 5.56 Å². The lowest BCUT2D eigenvalue weighted by atomic mass is 9.97. The molecule has 0 aliphatic heterocycles. The maximum atomic E-state index is 12.7. The van der Waals surface area contributed by atoms with Gasteiger partial charge in [-0.1, -0.05) is 62.4 Å². The Labute approximate surface area is 187 Å². The smallest absolute Gasteiger partial charge is 0.328 e. The molecular formula is C25H29N5O2. The summed E-state index contributed by atoms with van der Waals surface area (Å²) in [6, 6.07) is 15.8. The summed E-state index contributed by atoms with van der Waals surface area (Å²) in [5.74, 6) is 0.936. The van der Waals surface area contributed by atoms with Crippen LogP contribution >= 0.6 is 0 Å². The van der Waals surface area contributed by atoms with Gasteiger partial charge in [0, 0.05) is 11.6 Å². The molecule has 2 aromatic heterocycles. The number of nitrogens with one attached hydrogen (secondary N) is 2. The highest BCUT2D eigenvalue weighted by molar-refractivity contribution is 5.73. The van der Waals surface area contributed by atoms with Crippen LogP contribution in [-0.2, 0) is 6.54 Å². The maximum Gasteiger partial charge on any atom is 0.328 e. The Morgan fingerprint density at radius 1 is 1.06 bits per heavy atom. The molecule has 0 saturated carbocycles. The Balaban J connectivity index is 1.68. The van der Waals surface area contributed by atoms with E-state index < -0.39 is 6.23 Å². The Kier molecular flexibility index (Phi) is 6.21. The second-order valence-electron chi connectivity index (χ2n) is 8.65. The standard InChI is InChI=1S/C25H29N5O2/c1-15(2)19-7-5-6-8-20(19)22-26-13-21-23(29-22)30(25(32)28-21)14-17-9-11-18(12-10-17)24(31)27-16(3)4/h5-13,15-16,24,27,31H,14H2,1-4H3,(H,28,32). The summed E-state index contributed by atoms with van der Waals surface area (Å²) in [6.45, 7) is 8.62. The lowest BCUT2D eigenvalue weighted by Gasteiger charge is -2.16. The molecule has 3 N–H and O–H groups in total. The molecule has 1 unspecified atom stereocenters. The van der Waals surface area contributed by atoms with Crippen LogP contribution in [0.15, 0.2) is 59.5 Å².